The van der Waals surface area contributed by atoms with Gasteiger partial charge in [0.25, 0.3) is 5.91 Å². The lowest BCUT2D eigenvalue weighted by atomic mass is 10.1. The first kappa shape index (κ1) is 15.7. The Morgan fingerprint density at radius 2 is 2.05 bits per heavy atom. The maximum atomic E-state index is 12.8. The number of carbonyl (C=O) groups is 1. The van der Waals surface area contributed by atoms with Crippen LogP contribution in [0.3, 0.4) is 0 Å². The molecule has 6 heteroatoms. The van der Waals surface area contributed by atoms with Gasteiger partial charge in [-0.25, -0.2) is 0 Å². The van der Waals surface area contributed by atoms with E-state index in [2.05, 4.69) is 5.32 Å². The predicted molar refractivity (Wildman–Crippen MR) is 75.3 cm³/mol. The van der Waals surface area contributed by atoms with Crippen molar-refractivity contribution in [1.82, 2.24) is 4.90 Å². The monoisotopic (exact) mass is 300 g/mol. The first-order chi connectivity index (χ1) is 9.86. The number of nitrogens with zero attached hydrogens (tertiary/aromatic N) is 1. The van der Waals surface area contributed by atoms with Crippen molar-refractivity contribution in [2.24, 2.45) is 5.92 Å². The second-order valence-corrected chi connectivity index (χ2v) is 5.30. The maximum Gasteiger partial charge on any atom is 0.416 e. The lowest BCUT2D eigenvalue weighted by Gasteiger charge is -2.23. The topological polar surface area (TPSA) is 32.3 Å². The minimum absolute atomic E-state index is 0.0785. The van der Waals surface area contributed by atoms with Crippen LogP contribution in [0, 0.1) is 5.92 Å². The van der Waals surface area contributed by atoms with E-state index in [9.17, 15) is 18.0 Å². The van der Waals surface area contributed by atoms with Gasteiger partial charge in [-0.15, -0.1) is 0 Å². The van der Waals surface area contributed by atoms with Gasteiger partial charge in [0.05, 0.1) is 11.1 Å². The zero-order valence-electron chi connectivity index (χ0n) is 12.1. The first-order valence-electron chi connectivity index (χ1n) is 7.05. The van der Waals surface area contributed by atoms with Crippen molar-refractivity contribution in [2.75, 3.05) is 25.5 Å². The zero-order valence-corrected chi connectivity index (χ0v) is 12.1. The fraction of sp³-hybridized carbons (Fsp3) is 0.533. The van der Waals surface area contributed by atoms with Gasteiger partial charge in [0.1, 0.15) is 0 Å². The van der Waals surface area contributed by atoms with Gasteiger partial charge in [-0.2, -0.15) is 13.2 Å². The van der Waals surface area contributed by atoms with Crippen LogP contribution < -0.4 is 5.32 Å². The van der Waals surface area contributed by atoms with E-state index in [-0.39, 0.29) is 11.5 Å². The fourth-order valence-electron chi connectivity index (χ4n) is 2.25. The van der Waals surface area contributed by atoms with E-state index in [1.165, 1.54) is 6.07 Å². The molecule has 0 aliphatic heterocycles. The van der Waals surface area contributed by atoms with Crippen LogP contribution in [-0.4, -0.2) is 30.9 Å². The van der Waals surface area contributed by atoms with E-state index in [0.717, 1.165) is 25.0 Å². The Kier molecular flexibility index (Phi) is 4.44. The number of rotatable bonds is 5. The van der Waals surface area contributed by atoms with Crippen LogP contribution in [0.4, 0.5) is 18.9 Å². The van der Waals surface area contributed by atoms with E-state index < -0.39 is 11.7 Å². The van der Waals surface area contributed by atoms with E-state index in [1.807, 2.05) is 6.92 Å². The number of amides is 1. The number of benzene rings is 1. The standard InChI is InChI=1S/C15H19F3N2O/c1-3-20(9-10-4-5-10)14(21)12-8-11(15(16,17)18)6-7-13(12)19-2/h6-8,10,19H,3-5,9H2,1-2H3. The van der Waals surface area contributed by atoms with Gasteiger partial charge >= 0.3 is 6.18 Å². The molecule has 0 spiro atoms. The highest BCUT2D eigenvalue weighted by Crippen LogP contribution is 2.33. The Morgan fingerprint density at radius 1 is 1.38 bits per heavy atom. The average molecular weight is 300 g/mol. The molecule has 1 aliphatic carbocycles. The molecule has 3 nitrogen and oxygen atoms in total. The molecule has 1 aromatic carbocycles. The molecule has 0 atom stereocenters. The SMILES string of the molecule is CCN(CC1CC1)C(=O)c1cc(C(F)(F)F)ccc1NC. The van der Waals surface area contributed by atoms with Crippen molar-refractivity contribution >= 4 is 11.6 Å². The summed E-state index contributed by atoms with van der Waals surface area (Å²) in [5, 5.41) is 2.79. The van der Waals surface area contributed by atoms with Crippen molar-refractivity contribution < 1.29 is 18.0 Å². The Balaban J connectivity index is 2.32. The molecule has 1 fully saturated rings. The summed E-state index contributed by atoms with van der Waals surface area (Å²) in [6.07, 6.45) is -2.27. The summed E-state index contributed by atoms with van der Waals surface area (Å²) in [5.74, 6) is 0.151. The van der Waals surface area contributed by atoms with Crippen molar-refractivity contribution in [3.8, 4) is 0 Å². The highest BCUT2D eigenvalue weighted by atomic mass is 19.4. The smallest absolute Gasteiger partial charge is 0.387 e. The van der Waals surface area contributed by atoms with Crippen LogP contribution in [0.2, 0.25) is 0 Å². The molecule has 21 heavy (non-hydrogen) atoms. The van der Waals surface area contributed by atoms with Gasteiger partial charge in [-0.3, -0.25) is 4.79 Å². The summed E-state index contributed by atoms with van der Waals surface area (Å²) < 4.78 is 38.5. The largest absolute Gasteiger partial charge is 0.416 e. The van der Waals surface area contributed by atoms with Crippen molar-refractivity contribution in [2.45, 2.75) is 25.9 Å². The fourth-order valence-corrected chi connectivity index (χ4v) is 2.25. The number of hydrogen-bond acceptors (Lipinski definition) is 2. The summed E-state index contributed by atoms with van der Waals surface area (Å²) in [6, 6.07) is 3.23. The van der Waals surface area contributed by atoms with E-state index >= 15 is 0 Å². The van der Waals surface area contributed by atoms with Crippen LogP contribution in [0.15, 0.2) is 18.2 Å². The van der Waals surface area contributed by atoms with Gasteiger partial charge < -0.3 is 10.2 Å². The number of anilines is 1. The molecule has 1 aliphatic rings. The molecule has 1 N–H and O–H groups in total. The molecule has 0 bridgehead atoms. The lowest BCUT2D eigenvalue weighted by molar-refractivity contribution is -0.137. The van der Waals surface area contributed by atoms with Crippen LogP contribution in [0.1, 0.15) is 35.7 Å². The zero-order chi connectivity index (χ0) is 15.6. The van der Waals surface area contributed by atoms with E-state index in [1.54, 1.807) is 11.9 Å². The Hall–Kier alpha value is -1.72. The Morgan fingerprint density at radius 3 is 2.52 bits per heavy atom. The summed E-state index contributed by atoms with van der Waals surface area (Å²) in [6.45, 7) is 2.95. The van der Waals surface area contributed by atoms with Gasteiger partial charge in [0.2, 0.25) is 0 Å². The first-order valence-corrected chi connectivity index (χ1v) is 7.05. The van der Waals surface area contributed by atoms with E-state index in [4.69, 9.17) is 0 Å². The van der Waals surface area contributed by atoms with Crippen molar-refractivity contribution in [3.05, 3.63) is 29.3 Å². The van der Waals surface area contributed by atoms with Gasteiger partial charge in [-0.05, 0) is 43.9 Å². The third-order valence-corrected chi connectivity index (χ3v) is 3.69. The molecule has 0 aromatic heterocycles. The predicted octanol–water partition coefficient (Wildman–Crippen LogP) is 3.62. The molecule has 0 unspecified atom stereocenters. The molecule has 1 aromatic rings. The number of nitrogens with one attached hydrogen (secondary N) is 1. The van der Waals surface area contributed by atoms with Gasteiger partial charge in [0, 0.05) is 25.8 Å². The minimum Gasteiger partial charge on any atom is -0.387 e. The van der Waals surface area contributed by atoms with Crippen LogP contribution in [0.25, 0.3) is 0 Å². The second kappa shape index (κ2) is 5.95. The van der Waals surface area contributed by atoms with Crippen LogP contribution in [0.5, 0.6) is 0 Å². The van der Waals surface area contributed by atoms with Crippen LogP contribution in [-0.2, 0) is 6.18 Å². The summed E-state index contributed by atoms with van der Waals surface area (Å²) >= 11 is 0. The number of carbonyl (C=O) groups excluding carboxylic acids is 1. The van der Waals surface area contributed by atoms with Gasteiger partial charge in [-0.1, -0.05) is 0 Å². The Labute approximate surface area is 122 Å². The molecule has 1 saturated carbocycles. The van der Waals surface area contributed by atoms with E-state index in [0.29, 0.717) is 24.7 Å². The molecule has 1 amide bonds. The number of hydrogen-bond donors (Lipinski definition) is 1. The molecular weight excluding hydrogens is 281 g/mol. The van der Waals surface area contributed by atoms with Crippen LogP contribution >= 0.6 is 0 Å². The van der Waals surface area contributed by atoms with Crippen molar-refractivity contribution in [3.63, 3.8) is 0 Å². The number of alkyl halides is 3. The highest BCUT2D eigenvalue weighted by Gasteiger charge is 2.33. The van der Waals surface area contributed by atoms with Crippen molar-refractivity contribution in [1.29, 1.82) is 0 Å². The lowest BCUT2D eigenvalue weighted by Crippen LogP contribution is -2.33. The molecule has 2 rings (SSSR count). The molecular formula is C15H19F3N2O. The Bertz CT molecular complexity index is 524. The second-order valence-electron chi connectivity index (χ2n) is 5.30. The third kappa shape index (κ3) is 3.68. The number of halogens is 3. The normalized spacial score (nSPS) is 14.9. The minimum atomic E-state index is -4.45. The summed E-state index contributed by atoms with van der Waals surface area (Å²) in [4.78, 5) is 14.1. The van der Waals surface area contributed by atoms with Gasteiger partial charge in [0.15, 0.2) is 0 Å². The molecule has 0 radical (unpaired) electrons. The summed E-state index contributed by atoms with van der Waals surface area (Å²) in [5.41, 5.74) is -0.301. The third-order valence-electron chi connectivity index (χ3n) is 3.69. The average Bonchev–Trinajstić information content (AvgIpc) is 3.26. The maximum absolute atomic E-state index is 12.8. The quantitative estimate of drug-likeness (QED) is 0.901. The summed E-state index contributed by atoms with van der Waals surface area (Å²) in [7, 11) is 1.59. The molecule has 0 saturated heterocycles. The molecule has 116 valence electrons. The highest BCUT2D eigenvalue weighted by molar-refractivity contribution is 5.99. The molecule has 0 heterocycles.